The molecule has 0 amide bonds. The first kappa shape index (κ1) is 12.4. The van der Waals surface area contributed by atoms with Gasteiger partial charge in [-0.1, -0.05) is 78.9 Å². The first-order valence-corrected chi connectivity index (χ1v) is 6.29. The maximum atomic E-state index is 3.85. The second-order valence-electron chi connectivity index (χ2n) is 4.31. The highest BCUT2D eigenvalue weighted by Crippen LogP contribution is 2.22. The fraction of sp³-hybridized carbons (Fsp3) is 0.111. The molecule has 0 spiro atoms. The summed E-state index contributed by atoms with van der Waals surface area (Å²) >= 11 is 0. The molecular weight excluding hydrogens is 217 g/mol. The predicted octanol–water partition coefficient (Wildman–Crippen LogP) is 5.06. The average Bonchev–Trinajstić information content (AvgIpc) is 2.45. The highest BCUT2D eigenvalue weighted by molar-refractivity contribution is 5.50. The van der Waals surface area contributed by atoms with E-state index in [2.05, 4.69) is 73.3 Å². The molecule has 0 N–H and O–H groups in total. The quantitative estimate of drug-likeness (QED) is 0.502. The lowest BCUT2D eigenvalue weighted by Crippen LogP contribution is -1.92. The second kappa shape index (κ2) is 6.61. The Labute approximate surface area is 109 Å². The molecule has 1 atom stereocenters. The van der Waals surface area contributed by atoms with Crippen LogP contribution >= 0.6 is 0 Å². The van der Waals surface area contributed by atoms with Gasteiger partial charge in [-0.3, -0.25) is 0 Å². The van der Waals surface area contributed by atoms with Crippen LogP contribution in [0, 0.1) is 0 Å². The zero-order chi connectivity index (χ0) is 12.6. The van der Waals surface area contributed by atoms with Crippen LogP contribution in [0.5, 0.6) is 0 Å². The van der Waals surface area contributed by atoms with Crippen molar-refractivity contribution in [2.45, 2.75) is 12.3 Å². The van der Waals surface area contributed by atoms with E-state index < -0.39 is 0 Å². The molecule has 0 heteroatoms. The van der Waals surface area contributed by atoms with Gasteiger partial charge in [0.2, 0.25) is 0 Å². The lowest BCUT2D eigenvalue weighted by atomic mass is 10.0. The van der Waals surface area contributed by atoms with E-state index in [-0.39, 0.29) is 0 Å². The van der Waals surface area contributed by atoms with Gasteiger partial charge in [0.1, 0.15) is 0 Å². The maximum Gasteiger partial charge on any atom is 0.00557 e. The predicted molar refractivity (Wildman–Crippen MR) is 79.5 cm³/mol. The van der Waals surface area contributed by atoms with Gasteiger partial charge in [0.25, 0.3) is 0 Å². The highest BCUT2D eigenvalue weighted by atomic mass is 14.3. The largest absolute Gasteiger partial charge is 0.103 e. The first-order chi connectivity index (χ1) is 8.90. The van der Waals surface area contributed by atoms with Crippen LogP contribution in [0.25, 0.3) is 6.08 Å². The molecule has 0 heterocycles. The van der Waals surface area contributed by atoms with E-state index in [9.17, 15) is 0 Å². The summed E-state index contributed by atoms with van der Waals surface area (Å²) in [7, 11) is 0. The fourth-order valence-corrected chi connectivity index (χ4v) is 2.00. The zero-order valence-electron chi connectivity index (χ0n) is 10.5. The molecule has 0 fully saturated rings. The van der Waals surface area contributed by atoms with Crippen LogP contribution in [-0.4, -0.2) is 0 Å². The number of hydrogen-bond acceptors (Lipinski definition) is 0. The number of benzene rings is 2. The van der Waals surface area contributed by atoms with Crippen molar-refractivity contribution >= 4 is 6.08 Å². The lowest BCUT2D eigenvalue weighted by molar-refractivity contribution is 0.869. The molecule has 2 rings (SSSR count). The molecule has 0 saturated carbocycles. The van der Waals surface area contributed by atoms with Crippen molar-refractivity contribution in [2.75, 3.05) is 0 Å². The average molecular weight is 235 g/mol. The molecule has 90 valence electrons. The van der Waals surface area contributed by atoms with Gasteiger partial charge in [-0.15, -0.1) is 6.58 Å². The molecule has 0 radical (unpaired) electrons. The van der Waals surface area contributed by atoms with E-state index in [0.29, 0.717) is 5.92 Å². The molecule has 2 aromatic carbocycles. The highest BCUT2D eigenvalue weighted by Gasteiger charge is 2.04. The Kier molecular flexibility index (Phi) is 4.54. The van der Waals surface area contributed by atoms with Gasteiger partial charge in [-0.05, 0) is 17.5 Å². The fourth-order valence-electron chi connectivity index (χ4n) is 2.00. The van der Waals surface area contributed by atoms with Crippen molar-refractivity contribution in [2.24, 2.45) is 0 Å². The molecule has 0 aliphatic rings. The van der Waals surface area contributed by atoms with Crippen molar-refractivity contribution in [3.8, 4) is 0 Å². The van der Waals surface area contributed by atoms with Crippen LogP contribution < -0.4 is 0 Å². The number of allylic oxidation sites excluding steroid dienone is 2. The van der Waals surface area contributed by atoms with Crippen molar-refractivity contribution in [1.82, 2.24) is 0 Å². The molecule has 0 nitrogen and oxygen atoms in total. The third-order valence-corrected chi connectivity index (χ3v) is 2.97. The zero-order valence-corrected chi connectivity index (χ0v) is 10.5. The van der Waals surface area contributed by atoms with E-state index in [1.54, 1.807) is 0 Å². The topological polar surface area (TPSA) is 0 Å². The van der Waals surface area contributed by atoms with E-state index in [4.69, 9.17) is 0 Å². The molecule has 18 heavy (non-hydrogen) atoms. The standard InChI is InChI=1S/C18H18/c1-2-9-17(18-12-7-4-8-13-18)15-14-16-10-5-3-6-11-16/h2-8,10-15,17H,1,9H2/b15-14+/i9+1. The third-order valence-electron chi connectivity index (χ3n) is 2.97. The molecule has 0 bridgehead atoms. The van der Waals surface area contributed by atoms with Gasteiger partial charge < -0.3 is 0 Å². The van der Waals surface area contributed by atoms with E-state index in [1.807, 2.05) is 12.1 Å². The van der Waals surface area contributed by atoms with Crippen molar-refractivity contribution in [3.63, 3.8) is 0 Å². The van der Waals surface area contributed by atoms with Crippen molar-refractivity contribution < 1.29 is 0 Å². The first-order valence-electron chi connectivity index (χ1n) is 6.29. The van der Waals surface area contributed by atoms with Gasteiger partial charge in [-0.2, -0.15) is 0 Å². The smallest absolute Gasteiger partial charge is 0.00557 e. The molecular formula is C18H18. The van der Waals surface area contributed by atoms with Crippen LogP contribution in [0.4, 0.5) is 0 Å². The minimum atomic E-state index is 0.406. The summed E-state index contributed by atoms with van der Waals surface area (Å²) in [6, 6.07) is 21.0. The molecule has 0 aliphatic heterocycles. The van der Waals surface area contributed by atoms with Gasteiger partial charge in [0, 0.05) is 5.92 Å². The van der Waals surface area contributed by atoms with Crippen LogP contribution in [0.3, 0.4) is 0 Å². The van der Waals surface area contributed by atoms with E-state index in [0.717, 1.165) is 6.42 Å². The Balaban J connectivity index is 2.17. The van der Waals surface area contributed by atoms with Gasteiger partial charge in [0.05, 0.1) is 0 Å². The Morgan fingerprint density at radius 3 is 2.11 bits per heavy atom. The summed E-state index contributed by atoms with van der Waals surface area (Å²) in [4.78, 5) is 0. The van der Waals surface area contributed by atoms with E-state index in [1.165, 1.54) is 11.1 Å². The normalized spacial score (nSPS) is 12.4. The minimum Gasteiger partial charge on any atom is -0.103 e. The molecule has 1 unspecified atom stereocenters. The van der Waals surface area contributed by atoms with Crippen molar-refractivity contribution in [3.05, 3.63) is 90.5 Å². The summed E-state index contributed by atoms with van der Waals surface area (Å²) in [6.45, 7) is 3.85. The minimum absolute atomic E-state index is 0.406. The Hall–Kier alpha value is -2.08. The molecule has 0 aromatic heterocycles. The SMILES string of the molecule is C=C[13CH2]C(/C=C/c1ccccc1)c1ccccc1. The maximum absolute atomic E-state index is 3.85. The summed E-state index contributed by atoms with van der Waals surface area (Å²) < 4.78 is 0. The van der Waals surface area contributed by atoms with Crippen LogP contribution in [0.1, 0.15) is 23.5 Å². The Morgan fingerprint density at radius 2 is 1.50 bits per heavy atom. The monoisotopic (exact) mass is 235 g/mol. The molecule has 2 aromatic rings. The molecule has 0 saturated heterocycles. The van der Waals surface area contributed by atoms with Gasteiger partial charge in [0.15, 0.2) is 0 Å². The third kappa shape index (κ3) is 3.46. The van der Waals surface area contributed by atoms with Gasteiger partial charge >= 0.3 is 0 Å². The molecule has 0 aliphatic carbocycles. The summed E-state index contributed by atoms with van der Waals surface area (Å²) in [5.41, 5.74) is 2.58. The van der Waals surface area contributed by atoms with Crippen LogP contribution in [-0.2, 0) is 0 Å². The second-order valence-corrected chi connectivity index (χ2v) is 4.31. The summed E-state index contributed by atoms with van der Waals surface area (Å²) in [5.74, 6) is 0.406. The summed E-state index contributed by atoms with van der Waals surface area (Å²) in [5, 5.41) is 0. The van der Waals surface area contributed by atoms with Gasteiger partial charge in [-0.25, -0.2) is 0 Å². The summed E-state index contributed by atoms with van der Waals surface area (Å²) in [6.07, 6.45) is 7.38. The van der Waals surface area contributed by atoms with Crippen LogP contribution in [0.15, 0.2) is 79.4 Å². The lowest BCUT2D eigenvalue weighted by Gasteiger charge is -2.10. The Morgan fingerprint density at radius 1 is 0.889 bits per heavy atom. The van der Waals surface area contributed by atoms with Crippen molar-refractivity contribution in [1.29, 1.82) is 0 Å². The Bertz CT molecular complexity index is 494. The number of rotatable bonds is 5. The van der Waals surface area contributed by atoms with Crippen LogP contribution in [0.2, 0.25) is 0 Å². The van der Waals surface area contributed by atoms with E-state index >= 15 is 0 Å². The number of hydrogen-bond donors (Lipinski definition) is 0.